The number of rotatable bonds is 1. The lowest BCUT2D eigenvalue weighted by atomic mass is 10.0. The summed E-state index contributed by atoms with van der Waals surface area (Å²) in [7, 11) is 0. The van der Waals surface area contributed by atoms with Gasteiger partial charge in [-0.15, -0.1) is 0 Å². The Morgan fingerprint density at radius 1 is 0.957 bits per heavy atom. The molecule has 3 rings (SSSR count). The molecule has 1 heterocycles. The van der Waals surface area contributed by atoms with Gasteiger partial charge in [0.25, 0.3) is 5.56 Å². The van der Waals surface area contributed by atoms with Gasteiger partial charge in [-0.25, -0.2) is 13.6 Å². The van der Waals surface area contributed by atoms with Crippen molar-refractivity contribution in [3.05, 3.63) is 64.3 Å². The molecule has 0 bridgehead atoms. The van der Waals surface area contributed by atoms with E-state index in [1.165, 1.54) is 6.07 Å². The van der Waals surface area contributed by atoms with Gasteiger partial charge in [-0.3, -0.25) is 9.78 Å². The molecule has 0 aliphatic rings. The topological polar surface area (TPSA) is 65.7 Å². The van der Waals surface area contributed by atoms with Crippen LogP contribution in [0.3, 0.4) is 0 Å². The second-order valence-electron chi connectivity index (χ2n) is 4.62. The van der Waals surface area contributed by atoms with E-state index < -0.39 is 22.9 Å². The molecule has 0 amide bonds. The van der Waals surface area contributed by atoms with Crippen molar-refractivity contribution in [1.82, 2.24) is 9.97 Å². The Morgan fingerprint density at radius 2 is 1.65 bits per heavy atom. The Labute approximate surface area is 150 Å². The number of H-pyrrole nitrogens is 2. The molecular formula is C14H5Cl2F2IN2O2. The Balaban J connectivity index is 2.46. The first-order chi connectivity index (χ1) is 10.8. The van der Waals surface area contributed by atoms with E-state index in [4.69, 9.17) is 23.2 Å². The van der Waals surface area contributed by atoms with Crippen LogP contribution in [0, 0.1) is 15.2 Å². The molecule has 2 N–H and O–H groups in total. The molecule has 0 atom stereocenters. The zero-order valence-electron chi connectivity index (χ0n) is 10.9. The van der Waals surface area contributed by atoms with Gasteiger partial charge in [0.05, 0.1) is 20.9 Å². The summed E-state index contributed by atoms with van der Waals surface area (Å²) in [6.45, 7) is 0. The van der Waals surface area contributed by atoms with Gasteiger partial charge in [-0.1, -0.05) is 23.2 Å². The van der Waals surface area contributed by atoms with E-state index in [0.29, 0.717) is 9.64 Å². The summed E-state index contributed by atoms with van der Waals surface area (Å²) in [6, 6.07) is 3.06. The first-order valence-electron chi connectivity index (χ1n) is 6.09. The highest BCUT2D eigenvalue weighted by Gasteiger charge is 2.19. The minimum atomic E-state index is -0.898. The van der Waals surface area contributed by atoms with E-state index in [1.807, 2.05) is 22.6 Å². The largest absolute Gasteiger partial charge is 0.326 e. The minimum Gasteiger partial charge on any atom is -0.306 e. The van der Waals surface area contributed by atoms with E-state index in [9.17, 15) is 18.4 Å². The standard InChI is InChI=1S/C14H5Cl2F2IN2O2/c15-6-1-4(8(17)3-9(6)18)10-7(16)2-5-12(11(10)19)20-14(23)21-13(5)22/h1-3H,(H2,20,21,22,23). The molecule has 118 valence electrons. The predicted octanol–water partition coefficient (Wildman–Crippen LogP) is 4.07. The molecule has 0 fully saturated rings. The van der Waals surface area contributed by atoms with Gasteiger partial charge in [0.15, 0.2) is 0 Å². The summed E-state index contributed by atoms with van der Waals surface area (Å²) < 4.78 is 27.8. The highest BCUT2D eigenvalue weighted by Crippen LogP contribution is 2.38. The molecule has 23 heavy (non-hydrogen) atoms. The Hall–Kier alpha value is -1.45. The number of aromatic nitrogens is 2. The summed E-state index contributed by atoms with van der Waals surface area (Å²) in [5.74, 6) is -1.76. The molecule has 0 spiro atoms. The molecule has 3 aromatic rings. The van der Waals surface area contributed by atoms with Crippen LogP contribution in [0.4, 0.5) is 8.78 Å². The summed E-state index contributed by atoms with van der Waals surface area (Å²) in [5.41, 5.74) is -0.938. The number of halogens is 5. The molecule has 0 aliphatic heterocycles. The Kier molecular flexibility index (Phi) is 4.19. The Morgan fingerprint density at radius 3 is 2.35 bits per heavy atom. The average Bonchev–Trinajstić information content (AvgIpc) is 2.46. The van der Waals surface area contributed by atoms with Crippen molar-refractivity contribution in [3.63, 3.8) is 0 Å². The average molecular weight is 469 g/mol. The van der Waals surface area contributed by atoms with E-state index in [-0.39, 0.29) is 32.1 Å². The van der Waals surface area contributed by atoms with Crippen molar-refractivity contribution < 1.29 is 8.78 Å². The summed E-state index contributed by atoms with van der Waals surface area (Å²) in [5, 5.41) is -0.0508. The van der Waals surface area contributed by atoms with E-state index in [1.54, 1.807) is 0 Å². The first kappa shape index (κ1) is 16.4. The summed E-state index contributed by atoms with van der Waals surface area (Å²) >= 11 is 13.7. The van der Waals surface area contributed by atoms with Crippen LogP contribution in [-0.2, 0) is 0 Å². The molecular weight excluding hydrogens is 464 g/mol. The molecule has 0 unspecified atom stereocenters. The fourth-order valence-electron chi connectivity index (χ4n) is 2.20. The third-order valence-corrected chi connectivity index (χ3v) is 4.87. The number of nitrogens with one attached hydrogen (secondary N) is 2. The zero-order chi connectivity index (χ0) is 16.9. The number of benzene rings is 2. The minimum absolute atomic E-state index is 0.0335. The second kappa shape index (κ2) is 5.88. The maximum Gasteiger partial charge on any atom is 0.326 e. The quantitative estimate of drug-likeness (QED) is 0.417. The van der Waals surface area contributed by atoms with Crippen LogP contribution >= 0.6 is 45.8 Å². The highest BCUT2D eigenvalue weighted by atomic mass is 127. The lowest BCUT2D eigenvalue weighted by Crippen LogP contribution is -2.22. The monoisotopic (exact) mass is 468 g/mol. The SMILES string of the molecule is O=c1[nH]c(=O)c2cc(Cl)c(-c3cc(Cl)c(F)cc3F)c(I)c2[nH]1. The third-order valence-electron chi connectivity index (χ3n) is 3.21. The maximum absolute atomic E-state index is 14.1. The fraction of sp³-hybridized carbons (Fsp3) is 0. The maximum atomic E-state index is 14.1. The second-order valence-corrected chi connectivity index (χ2v) is 6.52. The van der Waals surface area contributed by atoms with Gasteiger partial charge >= 0.3 is 5.69 Å². The summed E-state index contributed by atoms with van der Waals surface area (Å²) in [6.07, 6.45) is 0. The smallest absolute Gasteiger partial charge is 0.306 e. The van der Waals surface area contributed by atoms with Crippen molar-refractivity contribution in [2.45, 2.75) is 0 Å². The van der Waals surface area contributed by atoms with Crippen molar-refractivity contribution in [1.29, 1.82) is 0 Å². The lowest BCUT2D eigenvalue weighted by Gasteiger charge is -2.12. The van der Waals surface area contributed by atoms with Crippen LogP contribution in [0.25, 0.3) is 22.0 Å². The first-order valence-corrected chi connectivity index (χ1v) is 7.92. The number of fused-ring (bicyclic) bond motifs is 1. The van der Waals surface area contributed by atoms with Gasteiger partial charge in [0, 0.05) is 20.8 Å². The third kappa shape index (κ3) is 2.77. The number of hydrogen-bond acceptors (Lipinski definition) is 2. The normalized spacial score (nSPS) is 11.2. The van der Waals surface area contributed by atoms with Crippen molar-refractivity contribution >= 4 is 56.7 Å². The van der Waals surface area contributed by atoms with Crippen LogP contribution in [-0.4, -0.2) is 9.97 Å². The van der Waals surface area contributed by atoms with E-state index in [0.717, 1.165) is 6.07 Å². The molecule has 0 saturated heterocycles. The van der Waals surface area contributed by atoms with Crippen LogP contribution in [0.5, 0.6) is 0 Å². The molecule has 1 aromatic heterocycles. The lowest BCUT2D eigenvalue weighted by molar-refractivity contribution is 0.586. The molecule has 0 saturated carbocycles. The summed E-state index contributed by atoms with van der Waals surface area (Å²) in [4.78, 5) is 27.9. The highest BCUT2D eigenvalue weighted by molar-refractivity contribution is 14.1. The van der Waals surface area contributed by atoms with E-state index in [2.05, 4.69) is 9.97 Å². The van der Waals surface area contributed by atoms with Crippen LogP contribution in [0.2, 0.25) is 10.0 Å². The number of aromatic amines is 2. The van der Waals surface area contributed by atoms with Gasteiger partial charge in [0.1, 0.15) is 11.6 Å². The van der Waals surface area contributed by atoms with Crippen molar-refractivity contribution in [2.75, 3.05) is 0 Å². The zero-order valence-corrected chi connectivity index (χ0v) is 14.6. The van der Waals surface area contributed by atoms with Gasteiger partial charge < -0.3 is 4.98 Å². The van der Waals surface area contributed by atoms with Gasteiger partial charge in [-0.2, -0.15) is 0 Å². The fourth-order valence-corrected chi connectivity index (χ4v) is 3.83. The van der Waals surface area contributed by atoms with E-state index >= 15 is 0 Å². The molecule has 0 radical (unpaired) electrons. The van der Waals surface area contributed by atoms with Crippen molar-refractivity contribution in [3.8, 4) is 11.1 Å². The van der Waals surface area contributed by atoms with Gasteiger partial charge in [0.2, 0.25) is 0 Å². The molecule has 2 aromatic carbocycles. The van der Waals surface area contributed by atoms with Crippen LogP contribution < -0.4 is 11.2 Å². The predicted molar refractivity (Wildman–Crippen MR) is 93.3 cm³/mol. The van der Waals surface area contributed by atoms with Crippen molar-refractivity contribution in [2.24, 2.45) is 0 Å². The van der Waals surface area contributed by atoms with Crippen LogP contribution in [0.15, 0.2) is 27.8 Å². The molecule has 0 aliphatic carbocycles. The number of hydrogen-bond donors (Lipinski definition) is 2. The molecule has 9 heteroatoms. The molecule has 4 nitrogen and oxygen atoms in total. The Bertz CT molecular complexity index is 1080. The van der Waals surface area contributed by atoms with Gasteiger partial charge in [-0.05, 0) is 34.7 Å². The van der Waals surface area contributed by atoms with Crippen LogP contribution in [0.1, 0.15) is 0 Å².